The normalized spacial score (nSPS) is 29.0. The number of hydroxylamine groups is 2. The fourth-order valence-corrected chi connectivity index (χ4v) is 5.31. The van der Waals surface area contributed by atoms with Gasteiger partial charge in [0.1, 0.15) is 0 Å². The third-order valence-electron chi connectivity index (χ3n) is 6.31. The van der Waals surface area contributed by atoms with Crippen LogP contribution in [0.1, 0.15) is 81.1 Å². The summed E-state index contributed by atoms with van der Waals surface area (Å²) in [6, 6.07) is 0.186. The summed E-state index contributed by atoms with van der Waals surface area (Å²) in [6.45, 7) is 16.4. The van der Waals surface area contributed by atoms with Crippen LogP contribution in [0, 0.1) is 10.1 Å². The van der Waals surface area contributed by atoms with Crippen molar-refractivity contribution in [3.05, 3.63) is 10.1 Å². The Morgan fingerprint density at radius 2 is 1.50 bits per heavy atom. The zero-order valence-electron chi connectivity index (χ0n) is 19.0. The lowest BCUT2D eigenvalue weighted by molar-refractivity contribution is -0.695. The first-order chi connectivity index (χ1) is 12.6. The highest BCUT2D eigenvalue weighted by Gasteiger charge is 2.54. The van der Waals surface area contributed by atoms with E-state index >= 15 is 0 Å². The molecule has 2 N–H and O–H groups in total. The molecule has 0 aliphatic carbocycles. The summed E-state index contributed by atoms with van der Waals surface area (Å²) in [5.41, 5.74) is -1.80. The number of hydrogen-bond donors (Lipinski definition) is 2. The lowest BCUT2D eigenvalue weighted by atomic mass is 9.79. The van der Waals surface area contributed by atoms with Crippen LogP contribution >= 0.6 is 0 Å². The Bertz CT molecular complexity index is 536. The smallest absolute Gasteiger partial charge is 0.208 e. The zero-order valence-corrected chi connectivity index (χ0v) is 19.0. The highest BCUT2D eigenvalue weighted by Crippen LogP contribution is 2.37. The SMILES string of the molecule is CC1(C)CC(NCC(O)COC2CC(C)(C)[N+](=O)C(C)(C)C2)CC(C)(C)N1[O-]. The second kappa shape index (κ2) is 7.91. The minimum absolute atomic E-state index is 0.0357. The molecule has 0 saturated carbocycles. The van der Waals surface area contributed by atoms with Crippen molar-refractivity contribution in [2.75, 3.05) is 13.2 Å². The van der Waals surface area contributed by atoms with Crippen LogP contribution in [0.15, 0.2) is 0 Å². The van der Waals surface area contributed by atoms with Gasteiger partial charge in [-0.1, -0.05) is 0 Å². The van der Waals surface area contributed by atoms with E-state index in [-0.39, 0.29) is 18.8 Å². The molecule has 2 aliphatic heterocycles. The lowest BCUT2D eigenvalue weighted by Gasteiger charge is -2.60. The number of aliphatic hydroxyl groups excluding tert-OH is 1. The monoisotopic (exact) mass is 399 g/mol. The molecule has 7 heteroatoms. The quantitative estimate of drug-likeness (QED) is 0.668. The fourth-order valence-electron chi connectivity index (χ4n) is 5.31. The number of piperidine rings is 2. The number of hydrogen-bond acceptors (Lipinski definition) is 6. The van der Waals surface area contributed by atoms with Crippen molar-refractivity contribution in [1.29, 1.82) is 0 Å². The minimum Gasteiger partial charge on any atom is -0.784 e. The second-order valence-electron chi connectivity index (χ2n) is 11.4. The molecule has 1 atom stereocenters. The molecule has 7 nitrogen and oxygen atoms in total. The van der Waals surface area contributed by atoms with Crippen LogP contribution in [-0.4, -0.2) is 68.5 Å². The van der Waals surface area contributed by atoms with Gasteiger partial charge in [-0.3, -0.25) is 0 Å². The largest absolute Gasteiger partial charge is 0.784 e. The maximum atomic E-state index is 12.5. The molecule has 0 aromatic heterocycles. The molecule has 0 aromatic carbocycles. The third kappa shape index (κ3) is 5.30. The fraction of sp³-hybridized carbons (Fsp3) is 1.00. The van der Waals surface area contributed by atoms with E-state index in [2.05, 4.69) is 5.32 Å². The average Bonchev–Trinajstić information content (AvgIpc) is 2.52. The summed E-state index contributed by atoms with van der Waals surface area (Å²) in [6.07, 6.45) is 2.16. The van der Waals surface area contributed by atoms with Crippen LogP contribution in [0.4, 0.5) is 0 Å². The van der Waals surface area contributed by atoms with E-state index in [1.165, 1.54) is 9.82 Å². The molecule has 0 aromatic rings. The predicted molar refractivity (Wildman–Crippen MR) is 111 cm³/mol. The van der Waals surface area contributed by atoms with Gasteiger partial charge in [0, 0.05) is 73.9 Å². The molecule has 2 saturated heterocycles. The zero-order chi connectivity index (χ0) is 21.5. The maximum absolute atomic E-state index is 12.5. The van der Waals surface area contributed by atoms with Gasteiger partial charge in [0.2, 0.25) is 11.1 Å². The Labute approximate surface area is 170 Å². The standard InChI is InChI=1S/C21H41N3O4/c1-18(2)9-15(10-19(3,4)23(18)26)22-13-16(25)14-28-17-11-20(5,6)24(27)21(7,8)12-17/h15-17,22,25H,9-14H2,1-8H3. The summed E-state index contributed by atoms with van der Waals surface area (Å²) in [5, 5.41) is 27.5. The molecule has 2 rings (SSSR count). The van der Waals surface area contributed by atoms with Crippen molar-refractivity contribution < 1.29 is 14.6 Å². The molecule has 0 spiro atoms. The molecular weight excluding hydrogens is 358 g/mol. The second-order valence-corrected chi connectivity index (χ2v) is 11.4. The molecule has 0 amide bonds. The Balaban J connectivity index is 1.82. The average molecular weight is 400 g/mol. The molecule has 1 unspecified atom stereocenters. The van der Waals surface area contributed by atoms with Crippen molar-refractivity contribution in [3.8, 4) is 0 Å². The number of nitroso groups, excluding NO2 is 1. The number of aliphatic hydroxyl groups is 1. The van der Waals surface area contributed by atoms with Gasteiger partial charge >= 0.3 is 0 Å². The summed E-state index contributed by atoms with van der Waals surface area (Å²) in [7, 11) is 0. The Kier molecular flexibility index (Phi) is 6.69. The topological polar surface area (TPSA) is 87.9 Å². The molecule has 2 heterocycles. The Morgan fingerprint density at radius 1 is 1.04 bits per heavy atom. The van der Waals surface area contributed by atoms with Crippen molar-refractivity contribution in [1.82, 2.24) is 10.4 Å². The van der Waals surface area contributed by atoms with Crippen LogP contribution in [-0.2, 0) is 4.74 Å². The number of ether oxygens (including phenoxy) is 1. The van der Waals surface area contributed by atoms with Crippen molar-refractivity contribution >= 4 is 0 Å². The van der Waals surface area contributed by atoms with Crippen molar-refractivity contribution in [3.63, 3.8) is 0 Å². The van der Waals surface area contributed by atoms with Gasteiger partial charge < -0.3 is 25.4 Å². The highest BCUT2D eigenvalue weighted by atomic mass is 16.5. The minimum atomic E-state index is -0.618. The maximum Gasteiger partial charge on any atom is 0.208 e. The number of nitrogens with zero attached hydrogens (tertiary/aromatic N) is 2. The van der Waals surface area contributed by atoms with Gasteiger partial charge in [0.25, 0.3) is 0 Å². The molecule has 2 fully saturated rings. The van der Waals surface area contributed by atoms with E-state index in [0.717, 1.165) is 12.8 Å². The first-order valence-corrected chi connectivity index (χ1v) is 10.5. The third-order valence-corrected chi connectivity index (χ3v) is 6.31. The van der Waals surface area contributed by atoms with Crippen LogP contribution in [0.25, 0.3) is 0 Å². The molecule has 0 bridgehead atoms. The number of nitrogens with one attached hydrogen (secondary N) is 1. The first-order valence-electron chi connectivity index (χ1n) is 10.5. The number of rotatable bonds is 6. The van der Waals surface area contributed by atoms with Crippen molar-refractivity contribution in [2.45, 2.75) is 121 Å². The molecule has 164 valence electrons. The van der Waals surface area contributed by atoms with E-state index in [1.54, 1.807) is 0 Å². The summed E-state index contributed by atoms with van der Waals surface area (Å²) >= 11 is 0. The first kappa shape index (κ1) is 23.7. The summed E-state index contributed by atoms with van der Waals surface area (Å²) in [5.74, 6) is 0. The van der Waals surface area contributed by atoms with Gasteiger partial charge in [-0.15, -0.1) is 0 Å². The Morgan fingerprint density at radius 3 is 1.96 bits per heavy atom. The summed E-state index contributed by atoms with van der Waals surface area (Å²) < 4.78 is 7.17. The Hall–Kier alpha value is -0.600. The highest BCUT2D eigenvalue weighted by molar-refractivity contribution is 5.02. The van der Waals surface area contributed by atoms with E-state index in [9.17, 15) is 15.2 Å². The van der Waals surface area contributed by atoms with Gasteiger partial charge in [0.15, 0.2) is 0 Å². The lowest BCUT2D eigenvalue weighted by Crippen LogP contribution is -2.61. The molecule has 2 aliphatic rings. The van der Waals surface area contributed by atoms with Gasteiger partial charge in [-0.05, 0) is 40.5 Å². The van der Waals surface area contributed by atoms with E-state index < -0.39 is 28.3 Å². The molecular formula is C21H41N3O4. The van der Waals surface area contributed by atoms with E-state index in [1.807, 2.05) is 55.4 Å². The predicted octanol–water partition coefficient (Wildman–Crippen LogP) is 2.97. The van der Waals surface area contributed by atoms with Gasteiger partial charge in [0.05, 0.1) is 18.8 Å². The van der Waals surface area contributed by atoms with Crippen LogP contribution < -0.4 is 5.32 Å². The van der Waals surface area contributed by atoms with E-state index in [4.69, 9.17) is 4.74 Å². The van der Waals surface area contributed by atoms with Crippen LogP contribution in [0.3, 0.4) is 0 Å². The van der Waals surface area contributed by atoms with Crippen LogP contribution in [0.5, 0.6) is 0 Å². The summed E-state index contributed by atoms with van der Waals surface area (Å²) in [4.78, 5) is 12.4. The molecule has 28 heavy (non-hydrogen) atoms. The van der Waals surface area contributed by atoms with Crippen LogP contribution in [0.2, 0.25) is 0 Å². The molecule has 0 radical (unpaired) electrons. The van der Waals surface area contributed by atoms with Gasteiger partial charge in [-0.25, -0.2) is 0 Å². The van der Waals surface area contributed by atoms with Crippen molar-refractivity contribution in [2.24, 2.45) is 0 Å². The van der Waals surface area contributed by atoms with Gasteiger partial charge in [-0.2, -0.15) is 0 Å². The van der Waals surface area contributed by atoms with E-state index in [0.29, 0.717) is 19.4 Å².